The molecule has 0 aliphatic carbocycles. The van der Waals surface area contributed by atoms with Crippen LogP contribution in [0.1, 0.15) is 20.8 Å². The van der Waals surface area contributed by atoms with Crippen LogP contribution < -0.4 is 15.6 Å². The SMILES string of the molecule is COc1ccc(=O)n(CC(=O)NC(C(C)=O)C(C)C)n1. The Morgan fingerprint density at radius 3 is 2.55 bits per heavy atom. The summed E-state index contributed by atoms with van der Waals surface area (Å²) >= 11 is 0. The number of amides is 1. The number of hydrogen-bond acceptors (Lipinski definition) is 5. The van der Waals surface area contributed by atoms with Crippen molar-refractivity contribution < 1.29 is 14.3 Å². The Morgan fingerprint density at radius 2 is 2.05 bits per heavy atom. The van der Waals surface area contributed by atoms with Gasteiger partial charge in [-0.3, -0.25) is 14.4 Å². The molecule has 0 spiro atoms. The summed E-state index contributed by atoms with van der Waals surface area (Å²) in [5.74, 6) is -0.350. The fraction of sp³-hybridized carbons (Fsp3) is 0.538. The Balaban J connectivity index is 2.80. The fourth-order valence-corrected chi connectivity index (χ4v) is 1.75. The van der Waals surface area contributed by atoms with E-state index in [1.807, 2.05) is 13.8 Å². The summed E-state index contributed by atoms with van der Waals surface area (Å²) in [5, 5.41) is 6.46. The number of ketones is 1. The molecule has 7 heteroatoms. The van der Waals surface area contributed by atoms with Gasteiger partial charge in [-0.05, 0) is 12.8 Å². The maximum absolute atomic E-state index is 11.9. The van der Waals surface area contributed by atoms with E-state index in [1.165, 1.54) is 26.2 Å². The van der Waals surface area contributed by atoms with E-state index >= 15 is 0 Å². The zero-order valence-corrected chi connectivity index (χ0v) is 12.0. The first kappa shape index (κ1) is 15.9. The lowest BCUT2D eigenvalue weighted by Gasteiger charge is -2.19. The monoisotopic (exact) mass is 281 g/mol. The van der Waals surface area contributed by atoms with Crippen LogP contribution in [0.15, 0.2) is 16.9 Å². The number of rotatable bonds is 6. The van der Waals surface area contributed by atoms with Gasteiger partial charge in [0, 0.05) is 12.1 Å². The summed E-state index contributed by atoms with van der Waals surface area (Å²) in [5.41, 5.74) is -0.412. The van der Waals surface area contributed by atoms with Crippen molar-refractivity contribution in [3.05, 3.63) is 22.5 Å². The van der Waals surface area contributed by atoms with E-state index in [2.05, 4.69) is 10.4 Å². The van der Waals surface area contributed by atoms with E-state index in [1.54, 1.807) is 0 Å². The first-order chi connectivity index (χ1) is 9.35. The zero-order valence-electron chi connectivity index (χ0n) is 12.0. The van der Waals surface area contributed by atoms with Crippen LogP contribution in [-0.4, -0.2) is 34.6 Å². The number of nitrogens with zero attached hydrogens (tertiary/aromatic N) is 2. The van der Waals surface area contributed by atoms with Crippen molar-refractivity contribution in [3.8, 4) is 5.88 Å². The number of ether oxygens (including phenoxy) is 1. The molecule has 0 saturated heterocycles. The first-order valence-electron chi connectivity index (χ1n) is 6.27. The maximum Gasteiger partial charge on any atom is 0.267 e. The van der Waals surface area contributed by atoms with Crippen molar-refractivity contribution in [2.45, 2.75) is 33.4 Å². The smallest absolute Gasteiger partial charge is 0.267 e. The average molecular weight is 281 g/mol. The number of aromatic nitrogens is 2. The van der Waals surface area contributed by atoms with E-state index in [-0.39, 0.29) is 24.1 Å². The lowest BCUT2D eigenvalue weighted by Crippen LogP contribution is -2.45. The lowest BCUT2D eigenvalue weighted by atomic mass is 10.0. The van der Waals surface area contributed by atoms with Gasteiger partial charge in [0.1, 0.15) is 6.54 Å². The molecule has 1 amide bonds. The van der Waals surface area contributed by atoms with Gasteiger partial charge in [0.15, 0.2) is 5.78 Å². The van der Waals surface area contributed by atoms with Crippen molar-refractivity contribution in [2.75, 3.05) is 7.11 Å². The van der Waals surface area contributed by atoms with Crippen molar-refractivity contribution in [2.24, 2.45) is 5.92 Å². The molecule has 1 aromatic heterocycles. The third-order valence-corrected chi connectivity index (χ3v) is 2.77. The Kier molecular flexibility index (Phi) is 5.42. The molecule has 0 saturated carbocycles. The molecule has 1 atom stereocenters. The van der Waals surface area contributed by atoms with Crippen molar-refractivity contribution >= 4 is 11.7 Å². The third kappa shape index (κ3) is 4.18. The fourth-order valence-electron chi connectivity index (χ4n) is 1.75. The molecule has 0 aromatic carbocycles. The minimum atomic E-state index is -0.566. The minimum Gasteiger partial charge on any atom is -0.480 e. The predicted octanol–water partition coefficient (Wildman–Crippen LogP) is -0.0183. The second-order valence-electron chi connectivity index (χ2n) is 4.77. The van der Waals surface area contributed by atoms with E-state index < -0.39 is 17.5 Å². The standard InChI is InChI=1S/C13H19N3O4/c1-8(2)13(9(3)17)14-10(18)7-16-12(19)6-5-11(15-16)20-4/h5-6,8,13H,7H2,1-4H3,(H,14,18). The number of nitrogens with one attached hydrogen (secondary N) is 1. The molecule has 110 valence electrons. The van der Waals surface area contributed by atoms with Crippen molar-refractivity contribution in [1.29, 1.82) is 0 Å². The molecule has 1 aromatic rings. The molecular formula is C13H19N3O4. The van der Waals surface area contributed by atoms with Gasteiger partial charge in [-0.1, -0.05) is 13.8 Å². The third-order valence-electron chi connectivity index (χ3n) is 2.77. The van der Waals surface area contributed by atoms with Crippen LogP contribution in [0.5, 0.6) is 5.88 Å². The number of carbonyl (C=O) groups is 2. The molecule has 1 N–H and O–H groups in total. The molecule has 1 unspecified atom stereocenters. The molecule has 0 fully saturated rings. The highest BCUT2D eigenvalue weighted by Crippen LogP contribution is 2.03. The first-order valence-corrected chi connectivity index (χ1v) is 6.27. The lowest BCUT2D eigenvalue weighted by molar-refractivity contribution is -0.128. The summed E-state index contributed by atoms with van der Waals surface area (Å²) in [6, 6.07) is 2.12. The van der Waals surface area contributed by atoms with E-state index in [0.29, 0.717) is 0 Å². The van der Waals surface area contributed by atoms with Crippen LogP contribution in [0.3, 0.4) is 0 Å². The van der Waals surface area contributed by atoms with Crippen LogP contribution in [-0.2, 0) is 16.1 Å². The average Bonchev–Trinajstić information content (AvgIpc) is 2.37. The zero-order chi connectivity index (χ0) is 15.3. The number of carbonyl (C=O) groups excluding carboxylic acids is 2. The maximum atomic E-state index is 11.9. The van der Waals surface area contributed by atoms with Gasteiger partial charge in [0.2, 0.25) is 11.8 Å². The van der Waals surface area contributed by atoms with Crippen LogP contribution in [0.4, 0.5) is 0 Å². The van der Waals surface area contributed by atoms with Crippen LogP contribution in [0.25, 0.3) is 0 Å². The van der Waals surface area contributed by atoms with Crippen molar-refractivity contribution in [1.82, 2.24) is 15.1 Å². The van der Waals surface area contributed by atoms with Gasteiger partial charge in [0.05, 0.1) is 13.2 Å². The Hall–Kier alpha value is -2.18. The summed E-state index contributed by atoms with van der Waals surface area (Å²) in [6.45, 7) is 4.83. The summed E-state index contributed by atoms with van der Waals surface area (Å²) in [7, 11) is 1.42. The number of hydrogen-bond donors (Lipinski definition) is 1. The summed E-state index contributed by atoms with van der Waals surface area (Å²) in [6.07, 6.45) is 0. The largest absolute Gasteiger partial charge is 0.480 e. The van der Waals surface area contributed by atoms with Gasteiger partial charge in [-0.15, -0.1) is 5.10 Å². The second-order valence-corrected chi connectivity index (χ2v) is 4.77. The predicted molar refractivity (Wildman–Crippen MR) is 72.5 cm³/mol. The van der Waals surface area contributed by atoms with Gasteiger partial charge in [-0.25, -0.2) is 4.68 Å². The Morgan fingerprint density at radius 1 is 1.40 bits per heavy atom. The molecule has 0 aliphatic rings. The molecule has 1 heterocycles. The van der Waals surface area contributed by atoms with Gasteiger partial charge < -0.3 is 10.1 Å². The van der Waals surface area contributed by atoms with Gasteiger partial charge in [0.25, 0.3) is 5.56 Å². The molecule has 0 aliphatic heterocycles. The molecule has 7 nitrogen and oxygen atoms in total. The second kappa shape index (κ2) is 6.83. The summed E-state index contributed by atoms with van der Waals surface area (Å²) in [4.78, 5) is 34.9. The summed E-state index contributed by atoms with van der Waals surface area (Å²) < 4.78 is 5.88. The Labute approximate surface area is 116 Å². The molecular weight excluding hydrogens is 262 g/mol. The van der Waals surface area contributed by atoms with Crippen LogP contribution in [0, 0.1) is 5.92 Å². The Bertz CT molecular complexity index is 551. The van der Waals surface area contributed by atoms with Gasteiger partial charge >= 0.3 is 0 Å². The topological polar surface area (TPSA) is 90.3 Å². The van der Waals surface area contributed by atoms with Crippen molar-refractivity contribution in [3.63, 3.8) is 0 Å². The van der Waals surface area contributed by atoms with E-state index in [0.717, 1.165) is 4.68 Å². The number of methoxy groups -OCH3 is 1. The minimum absolute atomic E-state index is 0.0218. The molecule has 20 heavy (non-hydrogen) atoms. The van der Waals surface area contributed by atoms with Crippen LogP contribution >= 0.6 is 0 Å². The quantitative estimate of drug-likeness (QED) is 0.791. The van der Waals surface area contributed by atoms with Gasteiger partial charge in [-0.2, -0.15) is 0 Å². The highest BCUT2D eigenvalue weighted by Gasteiger charge is 2.21. The molecule has 0 bridgehead atoms. The normalized spacial score (nSPS) is 12.1. The van der Waals surface area contributed by atoms with Crippen LogP contribution in [0.2, 0.25) is 0 Å². The molecule has 1 rings (SSSR count). The molecule has 0 radical (unpaired) electrons. The number of Topliss-reactive ketones (excluding diaryl/α,β-unsaturated/α-hetero) is 1. The van der Waals surface area contributed by atoms with E-state index in [4.69, 9.17) is 4.74 Å². The highest BCUT2D eigenvalue weighted by molar-refractivity contribution is 5.87. The highest BCUT2D eigenvalue weighted by atomic mass is 16.5. The van der Waals surface area contributed by atoms with E-state index in [9.17, 15) is 14.4 Å².